The maximum absolute atomic E-state index is 11.3. The topological polar surface area (TPSA) is 105 Å². The van der Waals surface area contributed by atoms with E-state index >= 15 is 0 Å². The van der Waals surface area contributed by atoms with Crippen molar-refractivity contribution in [3.8, 4) is 0 Å². The number of carbonyl (C=O) groups is 4. The molecule has 1 saturated heterocycles. The Morgan fingerprint density at radius 3 is 1.64 bits per heavy atom. The van der Waals surface area contributed by atoms with Gasteiger partial charge in [0.2, 0.25) is 0 Å². The molecule has 0 aromatic heterocycles. The highest BCUT2D eigenvalue weighted by Gasteiger charge is 2.47. The van der Waals surface area contributed by atoms with Crippen LogP contribution in [0.15, 0.2) is 0 Å². The fourth-order valence-corrected chi connectivity index (χ4v) is 3.21. The van der Waals surface area contributed by atoms with Crippen LogP contribution in [0.5, 0.6) is 0 Å². The van der Waals surface area contributed by atoms with E-state index in [4.69, 9.17) is 18.9 Å². The van der Waals surface area contributed by atoms with Gasteiger partial charge in [0.1, 0.15) is 0 Å². The van der Waals surface area contributed by atoms with E-state index in [0.29, 0.717) is 0 Å². The van der Waals surface area contributed by atoms with Crippen LogP contribution in [-0.2, 0) is 38.1 Å². The number of rotatable bonds is 4. The first-order valence-electron chi connectivity index (χ1n) is 6.51. The zero-order valence-electron chi connectivity index (χ0n) is 12.7. The van der Waals surface area contributed by atoms with Gasteiger partial charge in [-0.1, -0.05) is 0 Å². The Labute approximate surface area is 131 Å². The minimum absolute atomic E-state index is 0.229. The Kier molecular flexibility index (Phi) is 6.66. The monoisotopic (exact) mass is 334 g/mol. The quantitative estimate of drug-likeness (QED) is 0.534. The molecule has 0 spiro atoms. The van der Waals surface area contributed by atoms with E-state index in [9.17, 15) is 19.2 Å². The predicted octanol–water partition coefficient (Wildman–Crippen LogP) is 0.417. The lowest BCUT2D eigenvalue weighted by atomic mass is 10.1. The SMILES string of the molecule is CC(=O)OC1SC[C@@H](OC(C)=O)[C@H](OC(C)=O)[C@H]1OC(C)=O. The second kappa shape index (κ2) is 8.02. The molecule has 1 aliphatic rings. The van der Waals surface area contributed by atoms with E-state index in [1.807, 2.05) is 0 Å². The fraction of sp³-hybridized carbons (Fsp3) is 0.692. The highest BCUT2D eigenvalue weighted by molar-refractivity contribution is 7.99. The van der Waals surface area contributed by atoms with Crippen LogP contribution < -0.4 is 0 Å². The Balaban J connectivity index is 3.03. The van der Waals surface area contributed by atoms with E-state index < -0.39 is 47.6 Å². The lowest BCUT2D eigenvalue weighted by Crippen LogP contribution is -2.55. The van der Waals surface area contributed by atoms with E-state index in [0.717, 1.165) is 11.8 Å². The van der Waals surface area contributed by atoms with Gasteiger partial charge in [0.05, 0.1) is 0 Å². The molecular weight excluding hydrogens is 316 g/mol. The Morgan fingerprint density at radius 1 is 0.727 bits per heavy atom. The number of thioether (sulfide) groups is 1. The zero-order chi connectivity index (χ0) is 16.9. The molecule has 22 heavy (non-hydrogen) atoms. The first-order valence-corrected chi connectivity index (χ1v) is 7.56. The van der Waals surface area contributed by atoms with Crippen LogP contribution in [0.3, 0.4) is 0 Å². The van der Waals surface area contributed by atoms with Gasteiger partial charge in [-0.05, 0) is 0 Å². The molecule has 0 amide bonds. The van der Waals surface area contributed by atoms with E-state index in [1.54, 1.807) is 0 Å². The van der Waals surface area contributed by atoms with Crippen LogP contribution in [-0.4, -0.2) is 53.4 Å². The number of esters is 4. The van der Waals surface area contributed by atoms with Crippen molar-refractivity contribution < 1.29 is 38.1 Å². The fourth-order valence-electron chi connectivity index (χ4n) is 1.97. The van der Waals surface area contributed by atoms with Crippen molar-refractivity contribution in [2.24, 2.45) is 0 Å². The normalized spacial score (nSPS) is 27.5. The minimum atomic E-state index is -1.06. The third-order valence-electron chi connectivity index (χ3n) is 2.59. The van der Waals surface area contributed by atoms with Crippen LogP contribution in [0.1, 0.15) is 27.7 Å². The summed E-state index contributed by atoms with van der Waals surface area (Å²) in [5, 5.41) is 0. The molecule has 9 heteroatoms. The molecule has 0 bridgehead atoms. The molecule has 1 aliphatic heterocycles. The number of carbonyl (C=O) groups excluding carboxylic acids is 4. The van der Waals surface area contributed by atoms with Crippen LogP contribution >= 0.6 is 11.8 Å². The number of ether oxygens (including phenoxy) is 4. The van der Waals surface area contributed by atoms with Crippen molar-refractivity contribution in [2.75, 3.05) is 5.75 Å². The first kappa shape index (κ1) is 18.3. The molecule has 124 valence electrons. The summed E-state index contributed by atoms with van der Waals surface area (Å²) in [7, 11) is 0. The third kappa shape index (κ3) is 5.55. The number of hydrogen-bond acceptors (Lipinski definition) is 9. The van der Waals surface area contributed by atoms with Crippen molar-refractivity contribution in [1.29, 1.82) is 0 Å². The van der Waals surface area contributed by atoms with Crippen LogP contribution in [0.2, 0.25) is 0 Å². The maximum atomic E-state index is 11.3. The summed E-state index contributed by atoms with van der Waals surface area (Å²) in [5.74, 6) is -2.17. The van der Waals surface area contributed by atoms with Gasteiger partial charge in [-0.3, -0.25) is 19.2 Å². The summed E-state index contributed by atoms with van der Waals surface area (Å²) in [4.78, 5) is 44.9. The standard InChI is InChI=1S/C13H18O8S/c1-6(14)18-10-5-22-13(21-9(4)17)12(20-8(3)16)11(10)19-7(2)15/h10-13H,5H2,1-4H3/t10-,11+,12-,13?/m1/s1. The molecule has 0 saturated carbocycles. The Bertz CT molecular complexity index is 421. The molecule has 0 radical (unpaired) electrons. The van der Waals surface area contributed by atoms with Crippen molar-refractivity contribution in [3.63, 3.8) is 0 Å². The van der Waals surface area contributed by atoms with Crippen molar-refractivity contribution in [2.45, 2.75) is 51.4 Å². The van der Waals surface area contributed by atoms with Gasteiger partial charge in [-0.15, -0.1) is 11.8 Å². The minimum Gasteiger partial charge on any atom is -0.458 e. The molecule has 4 atom stereocenters. The number of hydrogen-bond donors (Lipinski definition) is 0. The van der Waals surface area contributed by atoms with Crippen molar-refractivity contribution >= 4 is 35.6 Å². The van der Waals surface area contributed by atoms with Crippen LogP contribution in [0.25, 0.3) is 0 Å². The highest BCUT2D eigenvalue weighted by Crippen LogP contribution is 2.33. The van der Waals surface area contributed by atoms with Crippen LogP contribution in [0.4, 0.5) is 0 Å². The maximum Gasteiger partial charge on any atom is 0.303 e. The molecular formula is C13H18O8S. The average Bonchev–Trinajstić information content (AvgIpc) is 2.34. The highest BCUT2D eigenvalue weighted by atomic mass is 32.2. The largest absolute Gasteiger partial charge is 0.458 e. The molecule has 0 aromatic rings. The first-order chi connectivity index (χ1) is 10.2. The average molecular weight is 334 g/mol. The molecule has 1 unspecified atom stereocenters. The smallest absolute Gasteiger partial charge is 0.303 e. The van der Waals surface area contributed by atoms with E-state index in [-0.39, 0.29) is 5.75 Å². The predicted molar refractivity (Wildman–Crippen MR) is 74.7 cm³/mol. The van der Waals surface area contributed by atoms with Gasteiger partial charge < -0.3 is 18.9 Å². The molecule has 0 N–H and O–H groups in total. The van der Waals surface area contributed by atoms with Gasteiger partial charge >= 0.3 is 23.9 Å². The van der Waals surface area contributed by atoms with Crippen molar-refractivity contribution in [1.82, 2.24) is 0 Å². The summed E-state index contributed by atoms with van der Waals surface area (Å²) in [6.07, 6.45) is -2.91. The molecule has 1 rings (SSSR count). The van der Waals surface area contributed by atoms with Crippen molar-refractivity contribution in [3.05, 3.63) is 0 Å². The zero-order valence-corrected chi connectivity index (χ0v) is 13.5. The van der Waals surface area contributed by atoms with Gasteiger partial charge in [-0.2, -0.15) is 0 Å². The summed E-state index contributed by atoms with van der Waals surface area (Å²) in [6, 6.07) is 0. The molecule has 1 heterocycles. The van der Waals surface area contributed by atoms with E-state index in [1.165, 1.54) is 27.7 Å². The Hall–Kier alpha value is -1.77. The summed E-state index contributed by atoms with van der Waals surface area (Å²) in [6.45, 7) is 4.78. The molecule has 0 aliphatic carbocycles. The second-order valence-corrected chi connectivity index (χ2v) is 5.74. The van der Waals surface area contributed by atoms with Crippen LogP contribution in [0, 0.1) is 0 Å². The van der Waals surface area contributed by atoms with Gasteiger partial charge in [-0.25, -0.2) is 0 Å². The molecule has 1 fully saturated rings. The molecule has 8 nitrogen and oxygen atoms in total. The third-order valence-corrected chi connectivity index (χ3v) is 3.80. The van der Waals surface area contributed by atoms with Gasteiger partial charge in [0.25, 0.3) is 0 Å². The van der Waals surface area contributed by atoms with E-state index in [2.05, 4.69) is 0 Å². The lowest BCUT2D eigenvalue weighted by molar-refractivity contribution is -0.191. The van der Waals surface area contributed by atoms with Gasteiger partial charge in [0.15, 0.2) is 23.7 Å². The van der Waals surface area contributed by atoms with Gasteiger partial charge in [0, 0.05) is 33.4 Å². The molecule has 0 aromatic carbocycles. The lowest BCUT2D eigenvalue weighted by Gasteiger charge is -2.39. The summed E-state index contributed by atoms with van der Waals surface area (Å²) >= 11 is 1.13. The summed E-state index contributed by atoms with van der Waals surface area (Å²) < 4.78 is 20.4. The summed E-state index contributed by atoms with van der Waals surface area (Å²) in [5.41, 5.74) is -0.849. The second-order valence-electron chi connectivity index (χ2n) is 4.61. The Morgan fingerprint density at radius 2 is 1.18 bits per heavy atom.